The van der Waals surface area contributed by atoms with Crippen molar-refractivity contribution in [1.29, 1.82) is 0 Å². The first-order valence-electron chi connectivity index (χ1n) is 6.01. The summed E-state index contributed by atoms with van der Waals surface area (Å²) in [5, 5.41) is 10.7. The van der Waals surface area contributed by atoms with Crippen LogP contribution in [0.3, 0.4) is 0 Å². The average molecular weight is 317 g/mol. The maximum Gasteiger partial charge on any atom is 0.138 e. The van der Waals surface area contributed by atoms with Gasteiger partial charge >= 0.3 is 0 Å². The van der Waals surface area contributed by atoms with Crippen molar-refractivity contribution in [1.82, 2.24) is 0 Å². The Morgan fingerprint density at radius 2 is 2.05 bits per heavy atom. The number of benzene rings is 1. The standard InChI is InChI=1S/C14H14Cl2O4/c15-10-3-4-14(13(16)6-10)20-8-11(17)7-18-9-12-2-1-5-19-12/h1-6,11,17H,7-9H2. The summed E-state index contributed by atoms with van der Waals surface area (Å²) in [6.07, 6.45) is 0.817. The van der Waals surface area contributed by atoms with E-state index in [9.17, 15) is 5.11 Å². The molecule has 0 aliphatic carbocycles. The van der Waals surface area contributed by atoms with Gasteiger partial charge in [0, 0.05) is 5.02 Å². The van der Waals surface area contributed by atoms with Gasteiger partial charge in [0.05, 0.1) is 17.9 Å². The quantitative estimate of drug-likeness (QED) is 0.848. The number of hydrogen-bond acceptors (Lipinski definition) is 4. The van der Waals surface area contributed by atoms with Crippen molar-refractivity contribution in [2.75, 3.05) is 13.2 Å². The lowest BCUT2D eigenvalue weighted by atomic mass is 10.3. The van der Waals surface area contributed by atoms with E-state index in [-0.39, 0.29) is 13.2 Å². The number of aliphatic hydroxyl groups is 1. The van der Waals surface area contributed by atoms with Gasteiger partial charge in [0.25, 0.3) is 0 Å². The SMILES string of the molecule is OC(COCc1ccco1)COc1ccc(Cl)cc1Cl. The molecule has 6 heteroatoms. The highest BCUT2D eigenvalue weighted by atomic mass is 35.5. The maximum atomic E-state index is 9.73. The Kier molecular flexibility index (Phi) is 5.73. The molecule has 20 heavy (non-hydrogen) atoms. The largest absolute Gasteiger partial charge is 0.489 e. The first kappa shape index (κ1) is 15.2. The van der Waals surface area contributed by atoms with Crippen LogP contribution in [0, 0.1) is 0 Å². The molecule has 0 fully saturated rings. The molecular formula is C14H14Cl2O4. The van der Waals surface area contributed by atoms with Crippen molar-refractivity contribution < 1.29 is 19.0 Å². The summed E-state index contributed by atoms with van der Waals surface area (Å²) in [6, 6.07) is 8.49. The summed E-state index contributed by atoms with van der Waals surface area (Å²) in [7, 11) is 0. The highest BCUT2D eigenvalue weighted by molar-refractivity contribution is 6.35. The molecule has 2 aromatic rings. The van der Waals surface area contributed by atoms with Crippen LogP contribution in [-0.4, -0.2) is 24.4 Å². The van der Waals surface area contributed by atoms with Gasteiger partial charge in [-0.25, -0.2) is 0 Å². The second-order valence-corrected chi connectivity index (χ2v) is 4.98. The van der Waals surface area contributed by atoms with Gasteiger partial charge in [0.2, 0.25) is 0 Å². The van der Waals surface area contributed by atoms with E-state index in [1.54, 1.807) is 36.6 Å². The molecular weight excluding hydrogens is 303 g/mol. The van der Waals surface area contributed by atoms with E-state index in [4.69, 9.17) is 37.1 Å². The lowest BCUT2D eigenvalue weighted by Gasteiger charge is -2.13. The minimum absolute atomic E-state index is 0.0828. The summed E-state index contributed by atoms with van der Waals surface area (Å²) in [4.78, 5) is 0. The molecule has 1 N–H and O–H groups in total. The molecule has 1 heterocycles. The zero-order chi connectivity index (χ0) is 14.4. The van der Waals surface area contributed by atoms with Gasteiger partial charge in [-0.15, -0.1) is 0 Å². The molecule has 0 spiro atoms. The molecule has 1 aromatic carbocycles. The van der Waals surface area contributed by atoms with Crippen LogP contribution in [0.1, 0.15) is 5.76 Å². The highest BCUT2D eigenvalue weighted by Crippen LogP contribution is 2.27. The number of ether oxygens (including phenoxy) is 2. The Hall–Kier alpha value is -1.20. The normalized spacial score (nSPS) is 12.3. The minimum atomic E-state index is -0.753. The van der Waals surface area contributed by atoms with E-state index >= 15 is 0 Å². The molecule has 1 unspecified atom stereocenters. The van der Waals surface area contributed by atoms with Crippen molar-refractivity contribution >= 4 is 23.2 Å². The third-order valence-corrected chi connectivity index (χ3v) is 2.99. The molecule has 0 saturated heterocycles. The molecule has 2 rings (SSSR count). The minimum Gasteiger partial charge on any atom is -0.489 e. The van der Waals surface area contributed by atoms with E-state index in [1.807, 2.05) is 0 Å². The molecule has 1 atom stereocenters. The molecule has 0 radical (unpaired) electrons. The van der Waals surface area contributed by atoms with Crippen molar-refractivity contribution in [3.05, 3.63) is 52.4 Å². The number of furan rings is 1. The van der Waals surface area contributed by atoms with Crippen LogP contribution < -0.4 is 4.74 Å². The summed E-state index contributed by atoms with van der Waals surface area (Å²) < 4.78 is 15.8. The first-order valence-corrected chi connectivity index (χ1v) is 6.77. The molecule has 108 valence electrons. The number of rotatable bonds is 7. The van der Waals surface area contributed by atoms with E-state index in [0.717, 1.165) is 0 Å². The Morgan fingerprint density at radius 3 is 2.75 bits per heavy atom. The topological polar surface area (TPSA) is 51.8 Å². The predicted octanol–water partition coefficient (Wildman–Crippen LogP) is 3.54. The third kappa shape index (κ3) is 4.72. The Balaban J connectivity index is 1.70. The number of hydrogen-bond donors (Lipinski definition) is 1. The highest BCUT2D eigenvalue weighted by Gasteiger charge is 2.08. The number of halogens is 2. The summed E-state index contributed by atoms with van der Waals surface area (Å²) in [5.41, 5.74) is 0. The average Bonchev–Trinajstić information content (AvgIpc) is 2.91. The van der Waals surface area contributed by atoms with E-state index in [2.05, 4.69) is 0 Å². The van der Waals surface area contributed by atoms with Crippen molar-refractivity contribution in [3.63, 3.8) is 0 Å². The van der Waals surface area contributed by atoms with E-state index < -0.39 is 6.10 Å². The molecule has 4 nitrogen and oxygen atoms in total. The summed E-state index contributed by atoms with van der Waals surface area (Å²) >= 11 is 11.7. The van der Waals surface area contributed by atoms with Crippen molar-refractivity contribution in [2.24, 2.45) is 0 Å². The van der Waals surface area contributed by atoms with Gasteiger partial charge in [-0.05, 0) is 30.3 Å². The fraction of sp³-hybridized carbons (Fsp3) is 0.286. The van der Waals surface area contributed by atoms with Gasteiger partial charge in [-0.1, -0.05) is 23.2 Å². The zero-order valence-electron chi connectivity index (χ0n) is 10.6. The van der Waals surface area contributed by atoms with Crippen LogP contribution in [0.15, 0.2) is 41.0 Å². The summed E-state index contributed by atoms with van der Waals surface area (Å²) in [6.45, 7) is 0.539. The fourth-order valence-corrected chi connectivity index (χ4v) is 1.98. The van der Waals surface area contributed by atoms with Crippen LogP contribution >= 0.6 is 23.2 Å². The smallest absolute Gasteiger partial charge is 0.138 e. The van der Waals surface area contributed by atoms with Crippen molar-refractivity contribution in [2.45, 2.75) is 12.7 Å². The van der Waals surface area contributed by atoms with Crippen LogP contribution in [0.5, 0.6) is 5.75 Å². The van der Waals surface area contributed by atoms with Gasteiger partial charge in [-0.3, -0.25) is 0 Å². The lowest BCUT2D eigenvalue weighted by Crippen LogP contribution is -2.23. The van der Waals surface area contributed by atoms with Gasteiger partial charge in [0.1, 0.15) is 30.8 Å². The van der Waals surface area contributed by atoms with Crippen LogP contribution in [0.25, 0.3) is 0 Å². The second-order valence-electron chi connectivity index (χ2n) is 4.13. The first-order chi connectivity index (χ1) is 9.65. The Bertz CT molecular complexity index is 528. The van der Waals surface area contributed by atoms with Crippen molar-refractivity contribution in [3.8, 4) is 5.75 Å². The molecule has 0 bridgehead atoms. The van der Waals surface area contributed by atoms with E-state index in [1.165, 1.54) is 0 Å². The Labute approximate surface area is 126 Å². The van der Waals surface area contributed by atoms with Gasteiger partial charge < -0.3 is 19.0 Å². The van der Waals surface area contributed by atoms with Crippen LogP contribution in [-0.2, 0) is 11.3 Å². The third-order valence-electron chi connectivity index (χ3n) is 2.46. The predicted molar refractivity (Wildman–Crippen MR) is 76.3 cm³/mol. The molecule has 0 amide bonds. The van der Waals surface area contributed by atoms with Crippen LogP contribution in [0.2, 0.25) is 10.0 Å². The van der Waals surface area contributed by atoms with Gasteiger partial charge in [-0.2, -0.15) is 0 Å². The van der Waals surface area contributed by atoms with E-state index in [0.29, 0.717) is 28.2 Å². The molecule has 1 aromatic heterocycles. The molecule has 0 aliphatic heterocycles. The van der Waals surface area contributed by atoms with Gasteiger partial charge in [0.15, 0.2) is 0 Å². The maximum absolute atomic E-state index is 9.73. The zero-order valence-corrected chi connectivity index (χ0v) is 12.1. The van der Waals surface area contributed by atoms with Crippen LogP contribution in [0.4, 0.5) is 0 Å². The fourth-order valence-electron chi connectivity index (χ4n) is 1.52. The molecule has 0 aliphatic rings. The monoisotopic (exact) mass is 316 g/mol. The number of aliphatic hydroxyl groups excluding tert-OH is 1. The lowest BCUT2D eigenvalue weighted by molar-refractivity contribution is 0.000898. The molecule has 0 saturated carbocycles. The summed E-state index contributed by atoms with van der Waals surface area (Å²) in [5.74, 6) is 1.18. The second kappa shape index (κ2) is 7.55. The Morgan fingerprint density at radius 1 is 1.20 bits per heavy atom.